The van der Waals surface area contributed by atoms with E-state index in [4.69, 9.17) is 10.3 Å². The quantitative estimate of drug-likeness (QED) is 0.613. The number of benzene rings is 3. The Morgan fingerprint density at radius 3 is 2.51 bits per heavy atom. The second-order valence-electron chi connectivity index (χ2n) is 8.71. The molecule has 2 amide bonds. The molecule has 5 rings (SSSR count). The summed E-state index contributed by atoms with van der Waals surface area (Å²) in [7, 11) is 0. The van der Waals surface area contributed by atoms with Gasteiger partial charge in [0, 0.05) is 23.2 Å². The van der Waals surface area contributed by atoms with Crippen LogP contribution < -0.4 is 10.7 Å². The lowest BCUT2D eigenvalue weighted by atomic mass is 9.96. The van der Waals surface area contributed by atoms with E-state index in [0.29, 0.717) is 17.7 Å². The predicted molar refractivity (Wildman–Crippen MR) is 134 cm³/mol. The molecule has 2 N–H and O–H groups in total. The average Bonchev–Trinajstić information content (AvgIpc) is 3.05. The number of carbonyl (C=O) groups excluding carboxylic acids is 2. The molecule has 2 heterocycles. The highest BCUT2D eigenvalue weighted by molar-refractivity contribution is 6.19. The summed E-state index contributed by atoms with van der Waals surface area (Å²) >= 11 is 0. The zero-order valence-corrected chi connectivity index (χ0v) is 19.1. The molecule has 2 aliphatic rings. The molecule has 2 unspecified atom stereocenters. The van der Waals surface area contributed by atoms with E-state index in [1.54, 1.807) is 24.3 Å². The fourth-order valence-corrected chi connectivity index (χ4v) is 4.67. The van der Waals surface area contributed by atoms with Crippen LogP contribution in [0.3, 0.4) is 0 Å². The molecular formula is C28H25N5O2. The first kappa shape index (κ1) is 22.5. The third kappa shape index (κ3) is 4.70. The number of hydrazine groups is 1. The van der Waals surface area contributed by atoms with Gasteiger partial charge in [0.15, 0.2) is 0 Å². The van der Waals surface area contributed by atoms with Crippen LogP contribution in [0.1, 0.15) is 46.3 Å². The minimum atomic E-state index is -0.695. The lowest BCUT2D eigenvalue weighted by molar-refractivity contribution is -0.119. The number of nitriles is 1. The molecular weight excluding hydrogens is 438 g/mol. The minimum absolute atomic E-state index is 0.187. The van der Waals surface area contributed by atoms with Crippen LogP contribution in [-0.4, -0.2) is 41.2 Å². The molecule has 0 aliphatic carbocycles. The molecule has 0 saturated carbocycles. The second kappa shape index (κ2) is 9.92. The number of para-hydroxylation sites is 1. The van der Waals surface area contributed by atoms with Crippen molar-refractivity contribution in [2.75, 3.05) is 11.9 Å². The van der Waals surface area contributed by atoms with Crippen molar-refractivity contribution in [3.8, 4) is 6.07 Å². The molecule has 0 spiro atoms. The van der Waals surface area contributed by atoms with Gasteiger partial charge in [0.25, 0.3) is 11.8 Å². The molecule has 7 nitrogen and oxygen atoms in total. The highest BCUT2D eigenvalue weighted by Gasteiger charge is 2.37. The van der Waals surface area contributed by atoms with E-state index in [0.717, 1.165) is 41.8 Å². The second-order valence-corrected chi connectivity index (χ2v) is 8.71. The Labute approximate surface area is 204 Å². The summed E-state index contributed by atoms with van der Waals surface area (Å²) in [4.78, 5) is 31.4. The summed E-state index contributed by atoms with van der Waals surface area (Å²) in [5.41, 5.74) is 7.25. The van der Waals surface area contributed by atoms with Gasteiger partial charge in [0.1, 0.15) is 6.04 Å². The lowest BCUT2D eigenvalue weighted by Gasteiger charge is -2.38. The highest BCUT2D eigenvalue weighted by Crippen LogP contribution is 2.28. The van der Waals surface area contributed by atoms with Crippen molar-refractivity contribution < 1.29 is 9.59 Å². The van der Waals surface area contributed by atoms with Crippen LogP contribution >= 0.6 is 0 Å². The van der Waals surface area contributed by atoms with Crippen molar-refractivity contribution in [2.24, 2.45) is 4.99 Å². The van der Waals surface area contributed by atoms with E-state index in [1.807, 2.05) is 59.6 Å². The number of nitrogens with one attached hydrogen (secondary N) is 2. The monoisotopic (exact) mass is 463 g/mol. The molecule has 1 saturated heterocycles. The number of anilines is 1. The Morgan fingerprint density at radius 1 is 1.00 bits per heavy atom. The molecule has 1 fully saturated rings. The summed E-state index contributed by atoms with van der Waals surface area (Å²) in [6, 6.07) is 25.1. The van der Waals surface area contributed by atoms with Gasteiger partial charge in [-0.3, -0.25) is 20.0 Å². The third-order valence-electron chi connectivity index (χ3n) is 6.46. The van der Waals surface area contributed by atoms with Crippen LogP contribution in [-0.2, 0) is 4.79 Å². The first-order valence-electron chi connectivity index (χ1n) is 11.8. The van der Waals surface area contributed by atoms with Gasteiger partial charge in [-0.15, -0.1) is 0 Å². The lowest BCUT2D eigenvalue weighted by Crippen LogP contribution is -2.57. The van der Waals surface area contributed by atoms with Gasteiger partial charge in [-0.1, -0.05) is 55.0 Å². The van der Waals surface area contributed by atoms with Crippen molar-refractivity contribution in [3.05, 3.63) is 101 Å². The molecule has 174 valence electrons. The van der Waals surface area contributed by atoms with Gasteiger partial charge in [0.2, 0.25) is 0 Å². The fourth-order valence-electron chi connectivity index (χ4n) is 4.67. The van der Waals surface area contributed by atoms with Crippen molar-refractivity contribution in [1.29, 1.82) is 5.26 Å². The summed E-state index contributed by atoms with van der Waals surface area (Å²) in [5, 5.41) is 13.9. The fraction of sp³-hybridized carbons (Fsp3) is 0.214. The number of rotatable bonds is 4. The number of nitrogens with zero attached hydrogens (tertiary/aromatic N) is 3. The van der Waals surface area contributed by atoms with Gasteiger partial charge in [-0.05, 0) is 43.2 Å². The largest absolute Gasteiger partial charge is 0.324 e. The van der Waals surface area contributed by atoms with E-state index < -0.39 is 6.04 Å². The van der Waals surface area contributed by atoms with Crippen molar-refractivity contribution in [3.63, 3.8) is 0 Å². The number of aliphatic imine (C=N–C) groups is 1. The molecule has 2 aliphatic heterocycles. The first-order chi connectivity index (χ1) is 17.1. The zero-order valence-electron chi connectivity index (χ0n) is 19.1. The molecule has 3 aromatic carbocycles. The number of fused-ring (bicyclic) bond motifs is 1. The third-order valence-corrected chi connectivity index (χ3v) is 6.46. The topological polar surface area (TPSA) is 97.6 Å². The Bertz CT molecular complexity index is 1310. The first-order valence-corrected chi connectivity index (χ1v) is 11.8. The van der Waals surface area contributed by atoms with E-state index in [-0.39, 0.29) is 17.9 Å². The van der Waals surface area contributed by atoms with E-state index >= 15 is 0 Å². The molecule has 35 heavy (non-hydrogen) atoms. The van der Waals surface area contributed by atoms with Crippen molar-refractivity contribution in [1.82, 2.24) is 10.4 Å². The smallest absolute Gasteiger partial charge is 0.265 e. The van der Waals surface area contributed by atoms with Gasteiger partial charge in [-0.2, -0.15) is 5.26 Å². The molecule has 3 aromatic rings. The number of carbonyl (C=O) groups is 2. The molecule has 7 heteroatoms. The maximum absolute atomic E-state index is 13.4. The zero-order chi connectivity index (χ0) is 24.2. The SMILES string of the molecule is N#Cc1ccc(C(=O)NN2CCCCC2C2N=C(c3ccccc3)c3ccccc3NC2=O)cc1. The Kier molecular flexibility index (Phi) is 6.38. The number of amides is 2. The molecule has 0 radical (unpaired) electrons. The normalized spacial score (nSPS) is 20.0. The van der Waals surface area contributed by atoms with Crippen LogP contribution in [0.4, 0.5) is 5.69 Å². The number of hydrogen-bond donors (Lipinski definition) is 2. The van der Waals surface area contributed by atoms with Crippen molar-refractivity contribution in [2.45, 2.75) is 31.3 Å². The van der Waals surface area contributed by atoms with Gasteiger partial charge < -0.3 is 5.32 Å². The number of hydrogen-bond acceptors (Lipinski definition) is 5. The standard InChI is InChI=1S/C28H25N5O2/c29-18-19-13-15-21(16-14-19)27(34)32-33-17-7-6-12-24(33)26-28(35)30-23-11-5-4-10-22(23)25(31-26)20-8-2-1-3-9-20/h1-5,8-11,13-16,24,26H,6-7,12,17H2,(H,30,35)(H,32,34). The number of piperidine rings is 1. The Morgan fingerprint density at radius 2 is 1.74 bits per heavy atom. The van der Waals surface area contributed by atoms with Crippen LogP contribution in [0.25, 0.3) is 0 Å². The Balaban J connectivity index is 1.48. The van der Waals surface area contributed by atoms with Gasteiger partial charge in [-0.25, -0.2) is 5.01 Å². The van der Waals surface area contributed by atoms with E-state index in [2.05, 4.69) is 16.8 Å². The van der Waals surface area contributed by atoms with E-state index in [1.165, 1.54) is 0 Å². The average molecular weight is 464 g/mol. The van der Waals surface area contributed by atoms with Crippen molar-refractivity contribution >= 4 is 23.2 Å². The minimum Gasteiger partial charge on any atom is -0.324 e. The summed E-state index contributed by atoms with van der Waals surface area (Å²) in [6.45, 7) is 0.625. The maximum atomic E-state index is 13.4. The molecule has 2 atom stereocenters. The Hall–Kier alpha value is -4.28. The van der Waals surface area contributed by atoms with Gasteiger partial charge in [0.05, 0.1) is 29.1 Å². The van der Waals surface area contributed by atoms with Crippen LogP contribution in [0.15, 0.2) is 83.9 Å². The molecule has 0 aromatic heterocycles. The van der Waals surface area contributed by atoms with Crippen LogP contribution in [0, 0.1) is 11.3 Å². The van der Waals surface area contributed by atoms with E-state index in [9.17, 15) is 9.59 Å². The van der Waals surface area contributed by atoms with Crippen LogP contribution in [0.2, 0.25) is 0 Å². The summed E-state index contributed by atoms with van der Waals surface area (Å²) in [5.74, 6) is -0.459. The highest BCUT2D eigenvalue weighted by atomic mass is 16.2. The maximum Gasteiger partial charge on any atom is 0.265 e. The molecule has 0 bridgehead atoms. The predicted octanol–water partition coefficient (Wildman–Crippen LogP) is 3.92. The summed E-state index contributed by atoms with van der Waals surface area (Å²) < 4.78 is 0. The number of benzodiazepines with no additional fused rings is 1. The van der Waals surface area contributed by atoms with Gasteiger partial charge >= 0.3 is 0 Å². The summed E-state index contributed by atoms with van der Waals surface area (Å²) in [6.07, 6.45) is 2.59. The van der Waals surface area contributed by atoms with Crippen LogP contribution in [0.5, 0.6) is 0 Å².